The van der Waals surface area contributed by atoms with Gasteiger partial charge in [0.1, 0.15) is 0 Å². The fraction of sp³-hybridized carbons (Fsp3) is 0.909. The number of carbonyl (C=O) groups is 1. The number of rotatable bonds is 2. The molecule has 0 aromatic heterocycles. The number of nitrogens with one attached hydrogen (secondary N) is 1. The fourth-order valence-corrected chi connectivity index (χ4v) is 2.51. The molecule has 0 aromatic rings. The maximum Gasteiger partial charge on any atom is 0.248 e. The smallest absolute Gasteiger partial charge is 0.248 e. The second-order valence-corrected chi connectivity index (χ2v) is 5.08. The fourth-order valence-electron chi connectivity index (χ4n) is 2.51. The first kappa shape index (κ1) is 10.8. The Kier molecular flexibility index (Phi) is 2.69. The summed E-state index contributed by atoms with van der Waals surface area (Å²) in [6, 6.07) is 0.238. The van der Waals surface area contributed by atoms with Gasteiger partial charge < -0.3 is 5.32 Å². The molecule has 2 rings (SSSR count). The maximum absolute atomic E-state index is 12.9. The summed E-state index contributed by atoms with van der Waals surface area (Å²) >= 11 is 0. The van der Waals surface area contributed by atoms with Crippen LogP contribution >= 0.6 is 0 Å². The normalized spacial score (nSPS) is 38.5. The zero-order valence-electron chi connectivity index (χ0n) is 8.93. The minimum absolute atomic E-state index is 0.133. The number of hydrogen-bond acceptors (Lipinski definition) is 1. The van der Waals surface area contributed by atoms with Gasteiger partial charge in [-0.2, -0.15) is 0 Å². The van der Waals surface area contributed by atoms with Gasteiger partial charge in [0, 0.05) is 24.8 Å². The minimum Gasteiger partial charge on any atom is -0.353 e. The summed E-state index contributed by atoms with van der Waals surface area (Å²) in [6.07, 6.45) is 1.93. The third-order valence-electron chi connectivity index (χ3n) is 3.49. The Labute approximate surface area is 88.4 Å². The van der Waals surface area contributed by atoms with E-state index in [0.717, 1.165) is 12.8 Å². The molecular weight excluding hydrogens is 200 g/mol. The van der Waals surface area contributed by atoms with E-state index < -0.39 is 11.8 Å². The van der Waals surface area contributed by atoms with Crippen LogP contribution in [-0.2, 0) is 4.79 Å². The van der Waals surface area contributed by atoms with Gasteiger partial charge in [-0.25, -0.2) is 8.78 Å². The van der Waals surface area contributed by atoms with Crippen LogP contribution in [0.15, 0.2) is 0 Å². The van der Waals surface area contributed by atoms with Crippen LogP contribution < -0.4 is 5.32 Å². The molecule has 1 atom stereocenters. The Morgan fingerprint density at radius 2 is 2.07 bits per heavy atom. The monoisotopic (exact) mass is 217 g/mol. The first-order valence-electron chi connectivity index (χ1n) is 5.64. The predicted molar refractivity (Wildman–Crippen MR) is 52.6 cm³/mol. The largest absolute Gasteiger partial charge is 0.353 e. The van der Waals surface area contributed by atoms with Crippen LogP contribution in [-0.4, -0.2) is 17.9 Å². The summed E-state index contributed by atoms with van der Waals surface area (Å²) in [4.78, 5) is 11.6. The zero-order chi connectivity index (χ0) is 11.1. The van der Waals surface area contributed by atoms with E-state index in [1.165, 1.54) is 0 Å². The van der Waals surface area contributed by atoms with Crippen molar-refractivity contribution in [3.63, 3.8) is 0 Å². The van der Waals surface area contributed by atoms with E-state index >= 15 is 0 Å². The highest BCUT2D eigenvalue weighted by Crippen LogP contribution is 2.39. The molecule has 2 aliphatic carbocycles. The Balaban J connectivity index is 1.77. The van der Waals surface area contributed by atoms with Crippen LogP contribution in [0.5, 0.6) is 0 Å². The summed E-state index contributed by atoms with van der Waals surface area (Å²) in [5.41, 5.74) is 0. The lowest BCUT2D eigenvalue weighted by molar-refractivity contribution is -0.127. The van der Waals surface area contributed by atoms with Crippen LogP contribution in [0.25, 0.3) is 0 Å². The van der Waals surface area contributed by atoms with Crippen LogP contribution in [0.4, 0.5) is 8.78 Å². The summed E-state index contributed by atoms with van der Waals surface area (Å²) in [6.45, 7) is 2.13. The SMILES string of the molecule is CC1CC(NC(=O)[C@@H]2CCC(F)(F)C2)C1. The Hall–Kier alpha value is -0.670. The zero-order valence-corrected chi connectivity index (χ0v) is 8.93. The van der Waals surface area contributed by atoms with E-state index in [1.807, 2.05) is 0 Å². The Bertz CT molecular complexity index is 261. The van der Waals surface area contributed by atoms with Crippen molar-refractivity contribution in [3.8, 4) is 0 Å². The van der Waals surface area contributed by atoms with Crippen molar-refractivity contribution in [3.05, 3.63) is 0 Å². The summed E-state index contributed by atoms with van der Waals surface area (Å²) < 4.78 is 25.7. The predicted octanol–water partition coefficient (Wildman–Crippen LogP) is 2.34. The molecule has 86 valence electrons. The van der Waals surface area contributed by atoms with Gasteiger partial charge in [-0.05, 0) is 25.2 Å². The minimum atomic E-state index is -2.62. The summed E-state index contributed by atoms with van der Waals surface area (Å²) in [7, 11) is 0. The van der Waals surface area contributed by atoms with Gasteiger partial charge in [0.2, 0.25) is 11.8 Å². The molecule has 1 amide bonds. The molecule has 15 heavy (non-hydrogen) atoms. The van der Waals surface area contributed by atoms with Crippen molar-refractivity contribution in [1.82, 2.24) is 5.32 Å². The lowest BCUT2D eigenvalue weighted by atomic mass is 9.81. The molecule has 0 heterocycles. The van der Waals surface area contributed by atoms with Crippen molar-refractivity contribution in [2.24, 2.45) is 11.8 Å². The molecule has 0 radical (unpaired) electrons. The van der Waals surface area contributed by atoms with Gasteiger partial charge in [0.05, 0.1) is 0 Å². The Morgan fingerprint density at radius 1 is 1.40 bits per heavy atom. The molecule has 0 aliphatic heterocycles. The molecule has 2 aliphatic rings. The molecule has 2 saturated carbocycles. The summed E-state index contributed by atoms with van der Waals surface area (Å²) in [5.74, 6) is -2.57. The highest BCUT2D eigenvalue weighted by molar-refractivity contribution is 5.79. The lowest BCUT2D eigenvalue weighted by Crippen LogP contribution is -2.45. The third-order valence-corrected chi connectivity index (χ3v) is 3.49. The first-order chi connectivity index (χ1) is 6.96. The standard InChI is InChI=1S/C11H17F2NO/c1-7-4-9(5-7)14-10(15)8-2-3-11(12,13)6-8/h7-9H,2-6H2,1H3,(H,14,15)/t7?,8-,9?/m1/s1. The number of alkyl halides is 2. The van der Waals surface area contributed by atoms with Crippen molar-refractivity contribution < 1.29 is 13.6 Å². The number of halogens is 2. The van der Waals surface area contributed by atoms with Crippen molar-refractivity contribution in [2.45, 2.75) is 51.0 Å². The van der Waals surface area contributed by atoms with E-state index in [1.54, 1.807) is 0 Å². The molecule has 0 spiro atoms. The average Bonchev–Trinajstić information content (AvgIpc) is 2.43. The van der Waals surface area contributed by atoms with Crippen LogP contribution in [0.1, 0.15) is 39.0 Å². The van der Waals surface area contributed by atoms with Gasteiger partial charge in [0.25, 0.3) is 0 Å². The van der Waals surface area contributed by atoms with Gasteiger partial charge in [-0.1, -0.05) is 6.92 Å². The van der Waals surface area contributed by atoms with E-state index in [0.29, 0.717) is 12.3 Å². The molecule has 2 nitrogen and oxygen atoms in total. The number of carbonyl (C=O) groups excluding carboxylic acids is 1. The molecule has 0 saturated heterocycles. The molecule has 4 heteroatoms. The van der Waals surface area contributed by atoms with E-state index in [9.17, 15) is 13.6 Å². The molecule has 0 unspecified atom stereocenters. The molecule has 0 bridgehead atoms. The van der Waals surface area contributed by atoms with Gasteiger partial charge in [-0.3, -0.25) is 4.79 Å². The van der Waals surface area contributed by atoms with Gasteiger partial charge in [0.15, 0.2) is 0 Å². The highest BCUT2D eigenvalue weighted by Gasteiger charge is 2.43. The summed E-state index contributed by atoms with van der Waals surface area (Å²) in [5, 5.41) is 2.85. The van der Waals surface area contributed by atoms with E-state index in [2.05, 4.69) is 12.2 Å². The van der Waals surface area contributed by atoms with Crippen LogP contribution in [0, 0.1) is 11.8 Å². The molecular formula is C11H17F2NO. The van der Waals surface area contributed by atoms with Gasteiger partial charge >= 0.3 is 0 Å². The lowest BCUT2D eigenvalue weighted by Gasteiger charge is -2.34. The second-order valence-electron chi connectivity index (χ2n) is 5.08. The highest BCUT2D eigenvalue weighted by atomic mass is 19.3. The molecule has 0 aromatic carbocycles. The number of hydrogen-bond donors (Lipinski definition) is 1. The maximum atomic E-state index is 12.9. The van der Waals surface area contributed by atoms with Crippen molar-refractivity contribution in [2.75, 3.05) is 0 Å². The van der Waals surface area contributed by atoms with Crippen LogP contribution in [0.2, 0.25) is 0 Å². The van der Waals surface area contributed by atoms with E-state index in [-0.39, 0.29) is 24.8 Å². The van der Waals surface area contributed by atoms with Crippen molar-refractivity contribution in [1.29, 1.82) is 0 Å². The second kappa shape index (κ2) is 3.72. The quantitative estimate of drug-likeness (QED) is 0.755. The third kappa shape index (κ3) is 2.47. The van der Waals surface area contributed by atoms with E-state index in [4.69, 9.17) is 0 Å². The Morgan fingerprint density at radius 3 is 2.53 bits per heavy atom. The van der Waals surface area contributed by atoms with Gasteiger partial charge in [-0.15, -0.1) is 0 Å². The number of amides is 1. The molecule has 2 fully saturated rings. The van der Waals surface area contributed by atoms with Crippen molar-refractivity contribution >= 4 is 5.91 Å². The molecule has 1 N–H and O–H groups in total. The van der Waals surface area contributed by atoms with Crippen LogP contribution in [0.3, 0.4) is 0 Å². The first-order valence-corrected chi connectivity index (χ1v) is 5.64. The topological polar surface area (TPSA) is 29.1 Å². The average molecular weight is 217 g/mol.